The van der Waals surface area contributed by atoms with Crippen LogP contribution in [0.5, 0.6) is 11.5 Å². The average molecular weight is 371 g/mol. The van der Waals surface area contributed by atoms with Crippen LogP contribution < -0.4 is 4.74 Å². The first-order valence-electron chi connectivity index (χ1n) is 9.93. The summed E-state index contributed by atoms with van der Waals surface area (Å²) in [5.74, 6) is -0.177. The van der Waals surface area contributed by atoms with Gasteiger partial charge in [0.05, 0.1) is 24.2 Å². The van der Waals surface area contributed by atoms with Crippen molar-refractivity contribution in [2.24, 2.45) is 0 Å². The number of ether oxygens (including phenoxy) is 3. The van der Waals surface area contributed by atoms with Crippen LogP contribution in [0, 0.1) is 0 Å². The van der Waals surface area contributed by atoms with E-state index in [1.54, 1.807) is 6.07 Å². The zero-order valence-electron chi connectivity index (χ0n) is 15.3. The van der Waals surface area contributed by atoms with Crippen LogP contribution in [-0.4, -0.2) is 65.0 Å². The lowest BCUT2D eigenvalue weighted by atomic mass is 9.48. The largest absolute Gasteiger partial charge is 0.504 e. The summed E-state index contributed by atoms with van der Waals surface area (Å²) < 4.78 is 18.6. The Labute approximate surface area is 158 Å². The Kier molecular flexibility index (Phi) is 3.06. The van der Waals surface area contributed by atoms with Crippen molar-refractivity contribution in [1.82, 2.24) is 4.90 Å². The van der Waals surface area contributed by atoms with Crippen LogP contribution in [0.15, 0.2) is 24.8 Å². The van der Waals surface area contributed by atoms with E-state index >= 15 is 0 Å². The topological polar surface area (TPSA) is 71.4 Å². The maximum absolute atomic E-state index is 12.2. The van der Waals surface area contributed by atoms with E-state index in [0.717, 1.165) is 37.1 Å². The molecule has 0 aromatic heterocycles. The number of phenolic OH excluding ortho intramolecular Hbond substituents is 1. The van der Waals surface area contributed by atoms with Crippen molar-refractivity contribution in [2.45, 2.75) is 54.6 Å². The molecule has 6 rings (SSSR count). The average Bonchev–Trinajstić information content (AvgIpc) is 3.26. The molecule has 0 amide bonds. The number of nitrogens with zero attached hydrogens (tertiary/aromatic N) is 1. The predicted molar refractivity (Wildman–Crippen MR) is 96.9 cm³/mol. The van der Waals surface area contributed by atoms with Gasteiger partial charge in [-0.3, -0.25) is 4.90 Å². The van der Waals surface area contributed by atoms with Crippen molar-refractivity contribution in [3.63, 3.8) is 0 Å². The van der Waals surface area contributed by atoms with Crippen LogP contribution >= 0.6 is 0 Å². The van der Waals surface area contributed by atoms with Crippen molar-refractivity contribution < 1.29 is 24.4 Å². The van der Waals surface area contributed by atoms with E-state index in [0.29, 0.717) is 31.8 Å². The van der Waals surface area contributed by atoms with E-state index in [9.17, 15) is 10.2 Å². The van der Waals surface area contributed by atoms with E-state index in [1.807, 2.05) is 12.1 Å². The number of hydrogen-bond donors (Lipinski definition) is 2. The lowest BCUT2D eigenvalue weighted by Crippen LogP contribution is -2.79. The number of phenols is 1. The van der Waals surface area contributed by atoms with Crippen molar-refractivity contribution in [3.8, 4) is 11.5 Å². The van der Waals surface area contributed by atoms with Crippen LogP contribution in [-0.2, 0) is 21.3 Å². The molecule has 5 aliphatic rings. The summed E-state index contributed by atoms with van der Waals surface area (Å²) in [6, 6.07) is 3.70. The second-order valence-corrected chi connectivity index (χ2v) is 8.60. The number of piperidine rings is 1. The molecule has 27 heavy (non-hydrogen) atoms. The summed E-state index contributed by atoms with van der Waals surface area (Å²) >= 11 is 0. The van der Waals surface area contributed by atoms with Crippen molar-refractivity contribution in [3.05, 3.63) is 35.9 Å². The highest BCUT2D eigenvalue weighted by Gasteiger charge is 2.77. The maximum atomic E-state index is 12.2. The minimum Gasteiger partial charge on any atom is -0.504 e. The molecule has 144 valence electrons. The SMILES string of the molecule is C=CCN1CCC23c4c5ccc(O)c4OC2C2(CCC3(O)C1C5)OCCO2. The first-order chi connectivity index (χ1) is 13.1. The molecular weight excluding hydrogens is 346 g/mol. The molecule has 2 N–H and O–H groups in total. The molecule has 2 spiro atoms. The van der Waals surface area contributed by atoms with Gasteiger partial charge in [0.15, 0.2) is 17.6 Å². The van der Waals surface area contributed by atoms with Gasteiger partial charge in [-0.2, -0.15) is 0 Å². The van der Waals surface area contributed by atoms with Gasteiger partial charge in [0.1, 0.15) is 0 Å². The van der Waals surface area contributed by atoms with Gasteiger partial charge < -0.3 is 24.4 Å². The van der Waals surface area contributed by atoms with Crippen molar-refractivity contribution in [1.29, 1.82) is 0 Å². The normalized spacial score (nSPS) is 40.6. The van der Waals surface area contributed by atoms with E-state index < -0.39 is 22.9 Å². The number of likely N-dealkylation sites (tertiary alicyclic amines) is 1. The summed E-state index contributed by atoms with van der Waals surface area (Å²) in [6.07, 6.45) is 4.16. The molecule has 1 aromatic rings. The molecule has 3 fully saturated rings. The standard InChI is InChI=1S/C21H25NO5/c1-2-8-22-9-7-19-16-13-3-4-14(23)17(16)27-18(19)21(25-10-11-26-21)6-5-20(19,24)15(22)12-13/h2-4,15,18,23-24H,1,5-12H2. The van der Waals surface area contributed by atoms with E-state index in [2.05, 4.69) is 11.5 Å². The van der Waals surface area contributed by atoms with Crippen molar-refractivity contribution >= 4 is 0 Å². The number of rotatable bonds is 2. The molecule has 2 aliphatic carbocycles. The summed E-state index contributed by atoms with van der Waals surface area (Å²) in [6.45, 7) is 6.59. The molecule has 3 heterocycles. The number of fused-ring (bicyclic) bond motifs is 1. The van der Waals surface area contributed by atoms with Crippen LogP contribution in [0.4, 0.5) is 0 Å². The highest BCUT2D eigenvalue weighted by Crippen LogP contribution is 2.67. The summed E-state index contributed by atoms with van der Waals surface area (Å²) in [5.41, 5.74) is 0.594. The summed E-state index contributed by atoms with van der Waals surface area (Å²) in [7, 11) is 0. The van der Waals surface area contributed by atoms with Gasteiger partial charge in [-0.15, -0.1) is 6.58 Å². The predicted octanol–water partition coefficient (Wildman–Crippen LogP) is 1.48. The van der Waals surface area contributed by atoms with Gasteiger partial charge in [0.2, 0.25) is 5.79 Å². The highest BCUT2D eigenvalue weighted by atomic mass is 16.8. The van der Waals surface area contributed by atoms with E-state index in [-0.39, 0.29) is 11.8 Å². The quantitative estimate of drug-likeness (QED) is 0.768. The van der Waals surface area contributed by atoms with Crippen LogP contribution in [0.3, 0.4) is 0 Å². The third-order valence-corrected chi connectivity index (χ3v) is 7.72. The lowest BCUT2D eigenvalue weighted by molar-refractivity contribution is -0.296. The summed E-state index contributed by atoms with van der Waals surface area (Å²) in [5, 5.41) is 22.7. The van der Waals surface area contributed by atoms with Gasteiger partial charge in [-0.1, -0.05) is 12.1 Å². The Morgan fingerprint density at radius 2 is 2.04 bits per heavy atom. The minimum absolute atomic E-state index is 0.00269. The summed E-state index contributed by atoms with van der Waals surface area (Å²) in [4.78, 5) is 2.34. The van der Waals surface area contributed by atoms with Crippen molar-refractivity contribution in [2.75, 3.05) is 26.3 Å². The van der Waals surface area contributed by atoms with E-state index in [1.165, 1.54) is 0 Å². The monoisotopic (exact) mass is 371 g/mol. The van der Waals surface area contributed by atoms with Gasteiger partial charge in [0, 0.05) is 24.6 Å². The number of aromatic hydroxyl groups is 1. The fourth-order valence-corrected chi connectivity index (χ4v) is 6.74. The zero-order chi connectivity index (χ0) is 18.4. The number of hydrogen-bond acceptors (Lipinski definition) is 6. The molecular formula is C21H25NO5. The Morgan fingerprint density at radius 1 is 1.22 bits per heavy atom. The maximum Gasteiger partial charge on any atom is 0.207 e. The Morgan fingerprint density at radius 3 is 2.81 bits per heavy atom. The Bertz CT molecular complexity index is 834. The minimum atomic E-state index is -0.939. The van der Waals surface area contributed by atoms with E-state index in [4.69, 9.17) is 14.2 Å². The molecule has 6 heteroatoms. The Hall–Kier alpha value is -1.60. The third kappa shape index (κ3) is 1.68. The fraction of sp³-hybridized carbons (Fsp3) is 0.619. The molecule has 3 aliphatic heterocycles. The molecule has 1 saturated carbocycles. The number of aliphatic hydroxyl groups is 1. The van der Waals surface area contributed by atoms with Crippen LogP contribution in [0.25, 0.3) is 0 Å². The molecule has 0 radical (unpaired) electrons. The molecule has 2 saturated heterocycles. The lowest BCUT2D eigenvalue weighted by Gasteiger charge is -2.65. The van der Waals surface area contributed by atoms with Gasteiger partial charge in [0.25, 0.3) is 0 Å². The highest BCUT2D eigenvalue weighted by molar-refractivity contribution is 5.62. The second kappa shape index (κ2) is 5.06. The van der Waals surface area contributed by atoms with Crippen LogP contribution in [0.1, 0.15) is 30.4 Å². The first-order valence-corrected chi connectivity index (χ1v) is 9.93. The van der Waals surface area contributed by atoms with Gasteiger partial charge in [-0.05, 0) is 37.4 Å². The molecule has 1 aromatic carbocycles. The first kappa shape index (κ1) is 16.4. The molecule has 2 bridgehead atoms. The molecule has 6 nitrogen and oxygen atoms in total. The smallest absolute Gasteiger partial charge is 0.207 e. The third-order valence-electron chi connectivity index (χ3n) is 7.72. The second-order valence-electron chi connectivity index (χ2n) is 8.60. The number of benzene rings is 1. The zero-order valence-corrected chi connectivity index (χ0v) is 15.3. The Balaban J connectivity index is 1.61. The molecule has 4 unspecified atom stereocenters. The van der Waals surface area contributed by atoms with Gasteiger partial charge in [-0.25, -0.2) is 0 Å². The van der Waals surface area contributed by atoms with Gasteiger partial charge >= 0.3 is 0 Å². The molecule has 4 atom stereocenters. The van der Waals surface area contributed by atoms with Crippen LogP contribution in [0.2, 0.25) is 0 Å². The fourth-order valence-electron chi connectivity index (χ4n) is 6.74.